The number of benzene rings is 1. The van der Waals surface area contributed by atoms with Gasteiger partial charge in [-0.25, -0.2) is 9.97 Å². The minimum absolute atomic E-state index is 0.270. The van der Waals surface area contributed by atoms with E-state index in [1.54, 1.807) is 0 Å². The van der Waals surface area contributed by atoms with Crippen molar-refractivity contribution in [2.45, 2.75) is 12.6 Å². The van der Waals surface area contributed by atoms with Crippen LogP contribution in [0.3, 0.4) is 0 Å². The Morgan fingerprint density at radius 3 is 2.33 bits per heavy atom. The van der Waals surface area contributed by atoms with E-state index in [9.17, 15) is 13.2 Å². The van der Waals surface area contributed by atoms with Crippen molar-refractivity contribution in [1.82, 2.24) is 9.97 Å². The first-order valence-electron chi connectivity index (χ1n) is 5.19. The molecule has 0 saturated heterocycles. The van der Waals surface area contributed by atoms with Gasteiger partial charge >= 0.3 is 6.18 Å². The molecule has 0 aliphatic heterocycles. The van der Waals surface area contributed by atoms with Gasteiger partial charge in [0, 0.05) is 12.6 Å². The van der Waals surface area contributed by atoms with Crippen molar-refractivity contribution >= 4 is 5.82 Å². The predicted octanol–water partition coefficient (Wildman–Crippen LogP) is 2.67. The van der Waals surface area contributed by atoms with E-state index in [1.165, 1.54) is 0 Å². The topological polar surface area (TPSA) is 51.8 Å². The molecule has 0 fully saturated rings. The molecule has 0 aliphatic rings. The standard InChI is InChI=1S/C12H10F3N3/c13-12(14,15)9-7-17-10(18-11(9)16)6-8-4-2-1-3-5-8/h1-5,7H,6H2,(H2,16,17,18). The summed E-state index contributed by atoms with van der Waals surface area (Å²) in [7, 11) is 0. The number of hydrogen-bond donors (Lipinski definition) is 1. The molecule has 1 heterocycles. The van der Waals surface area contributed by atoms with Crippen LogP contribution >= 0.6 is 0 Å². The summed E-state index contributed by atoms with van der Waals surface area (Å²) in [5.74, 6) is -0.268. The third-order valence-electron chi connectivity index (χ3n) is 2.38. The predicted molar refractivity (Wildman–Crippen MR) is 60.7 cm³/mol. The summed E-state index contributed by atoms with van der Waals surface area (Å²) in [4.78, 5) is 7.37. The van der Waals surface area contributed by atoms with Gasteiger partial charge in [-0.3, -0.25) is 0 Å². The summed E-state index contributed by atoms with van der Waals surface area (Å²) in [6, 6.07) is 9.21. The van der Waals surface area contributed by atoms with E-state index in [-0.39, 0.29) is 5.82 Å². The van der Waals surface area contributed by atoms with Gasteiger partial charge in [0.15, 0.2) is 0 Å². The number of aromatic nitrogens is 2. The second-order valence-electron chi connectivity index (χ2n) is 3.75. The summed E-state index contributed by atoms with van der Waals surface area (Å²) in [6.07, 6.45) is -3.45. The Morgan fingerprint density at radius 2 is 1.78 bits per heavy atom. The zero-order valence-electron chi connectivity index (χ0n) is 9.28. The summed E-state index contributed by atoms with van der Waals surface area (Å²) in [5, 5.41) is 0. The number of alkyl halides is 3. The molecular weight excluding hydrogens is 243 g/mol. The molecule has 2 aromatic rings. The summed E-state index contributed by atoms with van der Waals surface area (Å²) < 4.78 is 37.3. The van der Waals surface area contributed by atoms with Gasteiger partial charge in [0.25, 0.3) is 0 Å². The van der Waals surface area contributed by atoms with Crippen LogP contribution in [0.5, 0.6) is 0 Å². The molecule has 18 heavy (non-hydrogen) atoms. The SMILES string of the molecule is Nc1nc(Cc2ccccc2)ncc1C(F)(F)F. The quantitative estimate of drug-likeness (QED) is 0.895. The normalized spacial score (nSPS) is 11.5. The van der Waals surface area contributed by atoms with Crippen LogP contribution in [0.4, 0.5) is 19.0 Å². The van der Waals surface area contributed by atoms with Gasteiger partial charge in [-0.2, -0.15) is 13.2 Å². The highest BCUT2D eigenvalue weighted by Crippen LogP contribution is 2.31. The fraction of sp³-hybridized carbons (Fsp3) is 0.167. The van der Waals surface area contributed by atoms with E-state index in [2.05, 4.69) is 9.97 Å². The Hall–Kier alpha value is -2.11. The second kappa shape index (κ2) is 4.64. The second-order valence-corrected chi connectivity index (χ2v) is 3.75. The lowest BCUT2D eigenvalue weighted by Crippen LogP contribution is -2.13. The number of anilines is 1. The van der Waals surface area contributed by atoms with Crippen molar-refractivity contribution in [3.8, 4) is 0 Å². The average molecular weight is 253 g/mol. The molecule has 2 N–H and O–H groups in total. The average Bonchev–Trinajstić information content (AvgIpc) is 2.28. The van der Waals surface area contributed by atoms with Crippen molar-refractivity contribution in [2.75, 3.05) is 5.73 Å². The first-order valence-corrected chi connectivity index (χ1v) is 5.19. The van der Waals surface area contributed by atoms with E-state index in [1.807, 2.05) is 30.3 Å². The van der Waals surface area contributed by atoms with Crippen LogP contribution in [0.1, 0.15) is 17.0 Å². The molecule has 94 valence electrons. The highest BCUT2D eigenvalue weighted by molar-refractivity contribution is 5.40. The minimum Gasteiger partial charge on any atom is -0.383 e. The first kappa shape index (κ1) is 12.3. The molecular formula is C12H10F3N3. The zero-order chi connectivity index (χ0) is 13.2. The number of halogens is 3. The van der Waals surface area contributed by atoms with Crippen LogP contribution in [-0.2, 0) is 12.6 Å². The Bertz CT molecular complexity index is 538. The monoisotopic (exact) mass is 253 g/mol. The lowest BCUT2D eigenvalue weighted by atomic mass is 10.1. The van der Waals surface area contributed by atoms with Gasteiger partial charge in [-0.15, -0.1) is 0 Å². The molecule has 0 saturated carbocycles. The Labute approximate surface area is 101 Å². The molecule has 0 unspecified atom stereocenters. The zero-order valence-corrected chi connectivity index (χ0v) is 9.28. The van der Waals surface area contributed by atoms with Crippen LogP contribution in [0.2, 0.25) is 0 Å². The van der Waals surface area contributed by atoms with Crippen LogP contribution in [0, 0.1) is 0 Å². The summed E-state index contributed by atoms with van der Waals surface area (Å²) in [5.41, 5.74) is 5.20. The Morgan fingerprint density at radius 1 is 1.11 bits per heavy atom. The molecule has 0 spiro atoms. The van der Waals surface area contributed by atoms with Crippen LogP contribution < -0.4 is 5.73 Å². The number of nitrogens with two attached hydrogens (primary N) is 1. The van der Waals surface area contributed by atoms with E-state index < -0.39 is 17.6 Å². The highest BCUT2D eigenvalue weighted by atomic mass is 19.4. The lowest BCUT2D eigenvalue weighted by molar-refractivity contribution is -0.137. The molecule has 0 radical (unpaired) electrons. The number of nitrogens with zero attached hydrogens (tertiary/aromatic N) is 2. The van der Waals surface area contributed by atoms with Crippen molar-refractivity contribution in [3.63, 3.8) is 0 Å². The maximum Gasteiger partial charge on any atom is 0.421 e. The summed E-state index contributed by atoms with van der Waals surface area (Å²) in [6.45, 7) is 0. The fourth-order valence-corrected chi connectivity index (χ4v) is 1.52. The van der Waals surface area contributed by atoms with Gasteiger partial charge < -0.3 is 5.73 Å². The lowest BCUT2D eigenvalue weighted by Gasteiger charge is -2.09. The molecule has 2 rings (SSSR count). The number of rotatable bonds is 2. The van der Waals surface area contributed by atoms with Crippen molar-refractivity contribution in [1.29, 1.82) is 0 Å². The molecule has 1 aromatic heterocycles. The molecule has 0 bridgehead atoms. The van der Waals surface area contributed by atoms with Crippen LogP contribution in [0.25, 0.3) is 0 Å². The minimum atomic E-state index is -4.52. The van der Waals surface area contributed by atoms with Gasteiger partial charge in [0.05, 0.1) is 0 Å². The number of hydrogen-bond acceptors (Lipinski definition) is 3. The smallest absolute Gasteiger partial charge is 0.383 e. The van der Waals surface area contributed by atoms with E-state index >= 15 is 0 Å². The van der Waals surface area contributed by atoms with E-state index in [0.29, 0.717) is 6.42 Å². The molecule has 1 aromatic carbocycles. The van der Waals surface area contributed by atoms with Gasteiger partial charge in [-0.1, -0.05) is 30.3 Å². The van der Waals surface area contributed by atoms with Gasteiger partial charge in [0.2, 0.25) is 0 Å². The highest BCUT2D eigenvalue weighted by Gasteiger charge is 2.34. The van der Waals surface area contributed by atoms with Crippen molar-refractivity contribution in [2.24, 2.45) is 0 Å². The van der Waals surface area contributed by atoms with Crippen LogP contribution in [0.15, 0.2) is 36.5 Å². The molecule has 0 amide bonds. The largest absolute Gasteiger partial charge is 0.421 e. The Balaban J connectivity index is 2.25. The number of nitrogen functional groups attached to an aromatic ring is 1. The molecule has 3 nitrogen and oxygen atoms in total. The van der Waals surface area contributed by atoms with Gasteiger partial charge in [-0.05, 0) is 5.56 Å². The van der Waals surface area contributed by atoms with E-state index in [0.717, 1.165) is 11.8 Å². The van der Waals surface area contributed by atoms with Crippen LogP contribution in [-0.4, -0.2) is 9.97 Å². The van der Waals surface area contributed by atoms with Gasteiger partial charge in [0.1, 0.15) is 17.2 Å². The maximum atomic E-state index is 12.4. The third-order valence-corrected chi connectivity index (χ3v) is 2.38. The third kappa shape index (κ3) is 2.77. The summed E-state index contributed by atoms with van der Waals surface area (Å²) >= 11 is 0. The Kier molecular flexibility index (Phi) is 3.18. The molecule has 0 aliphatic carbocycles. The fourth-order valence-electron chi connectivity index (χ4n) is 1.52. The molecule has 0 atom stereocenters. The van der Waals surface area contributed by atoms with Crippen molar-refractivity contribution in [3.05, 3.63) is 53.5 Å². The van der Waals surface area contributed by atoms with E-state index in [4.69, 9.17) is 5.73 Å². The maximum absolute atomic E-state index is 12.4. The molecule has 6 heteroatoms. The van der Waals surface area contributed by atoms with Crippen molar-refractivity contribution < 1.29 is 13.2 Å². The first-order chi connectivity index (χ1) is 8.47.